The van der Waals surface area contributed by atoms with Crippen molar-refractivity contribution in [3.05, 3.63) is 91.1 Å². The lowest BCUT2D eigenvalue weighted by atomic mass is 10.1. The zero-order valence-corrected chi connectivity index (χ0v) is 19.9. The number of nitriles is 1. The second kappa shape index (κ2) is 10.8. The number of anilines is 3. The molecule has 1 saturated heterocycles. The van der Waals surface area contributed by atoms with Gasteiger partial charge in [-0.05, 0) is 48.5 Å². The van der Waals surface area contributed by atoms with Crippen LogP contribution in [0.5, 0.6) is 17.2 Å². The molecule has 5 rings (SSSR count). The number of hydrogen-bond acceptors (Lipinski definition) is 7. The lowest BCUT2D eigenvalue weighted by molar-refractivity contribution is -0.111. The molecule has 1 aliphatic heterocycles. The fourth-order valence-corrected chi connectivity index (χ4v) is 3.98. The van der Waals surface area contributed by atoms with Gasteiger partial charge in [-0.2, -0.15) is 5.26 Å². The number of amides is 1. The Morgan fingerprint density at radius 2 is 1.92 bits per heavy atom. The van der Waals surface area contributed by atoms with Crippen LogP contribution in [-0.4, -0.2) is 30.2 Å². The zero-order chi connectivity index (χ0) is 25.6. The normalized spacial score (nSPS) is 14.5. The molecule has 2 N–H and O–H groups in total. The summed E-state index contributed by atoms with van der Waals surface area (Å²) in [7, 11) is 0. The summed E-state index contributed by atoms with van der Waals surface area (Å²) in [5.41, 5.74) is 2.74. The second-order valence-corrected chi connectivity index (χ2v) is 8.39. The minimum atomic E-state index is -0.375. The van der Waals surface area contributed by atoms with Gasteiger partial charge in [-0.15, -0.1) is 0 Å². The highest BCUT2D eigenvalue weighted by Crippen LogP contribution is 2.37. The monoisotopic (exact) mass is 492 g/mol. The first-order chi connectivity index (χ1) is 18.1. The molecule has 1 fully saturated rings. The number of para-hydroxylation sites is 1. The maximum atomic E-state index is 12.2. The van der Waals surface area contributed by atoms with E-state index in [0.29, 0.717) is 52.6 Å². The van der Waals surface area contributed by atoms with Crippen molar-refractivity contribution < 1.29 is 19.0 Å². The molecule has 2 heterocycles. The third kappa shape index (κ3) is 5.53. The van der Waals surface area contributed by atoms with Crippen molar-refractivity contribution in [1.29, 1.82) is 5.26 Å². The Morgan fingerprint density at radius 3 is 2.62 bits per heavy atom. The van der Waals surface area contributed by atoms with Crippen LogP contribution in [0.2, 0.25) is 0 Å². The minimum absolute atomic E-state index is 0.121. The number of carbonyl (C=O) groups is 1. The maximum Gasteiger partial charge on any atom is 0.247 e. The number of carbonyl (C=O) groups excluding carboxylic acids is 1. The van der Waals surface area contributed by atoms with Gasteiger partial charge < -0.3 is 24.8 Å². The average molecular weight is 493 g/mol. The lowest BCUT2D eigenvalue weighted by Crippen LogP contribution is -2.18. The molecule has 4 aromatic rings. The Hall–Kier alpha value is -4.87. The van der Waals surface area contributed by atoms with Crippen LogP contribution in [0.25, 0.3) is 10.9 Å². The van der Waals surface area contributed by atoms with Crippen molar-refractivity contribution in [2.24, 2.45) is 0 Å². The molecular weight excluding hydrogens is 468 g/mol. The average Bonchev–Trinajstić information content (AvgIpc) is 3.44. The number of rotatable bonds is 8. The standard InChI is InChI=1S/C29H24N4O4/c1-2-28(34)33-26-14-24-25(15-27(26)37-23-12-13-35-18-23)31-17-19(16-30)29(24)32-20-8-10-22(11-9-20)36-21-6-4-3-5-7-21/h2-11,14-15,17,23H,1,12-13,18H2,(H,31,32)(H,33,34)/t23-/m1/s1. The summed E-state index contributed by atoms with van der Waals surface area (Å²) in [5.74, 6) is 1.53. The van der Waals surface area contributed by atoms with Gasteiger partial charge >= 0.3 is 0 Å². The van der Waals surface area contributed by atoms with E-state index in [2.05, 4.69) is 28.3 Å². The van der Waals surface area contributed by atoms with Gasteiger partial charge in [-0.25, -0.2) is 0 Å². The van der Waals surface area contributed by atoms with Crippen molar-refractivity contribution in [3.63, 3.8) is 0 Å². The van der Waals surface area contributed by atoms with Crippen LogP contribution in [0.1, 0.15) is 12.0 Å². The molecule has 184 valence electrons. The van der Waals surface area contributed by atoms with E-state index in [1.54, 1.807) is 12.1 Å². The molecule has 0 radical (unpaired) electrons. The molecule has 0 spiro atoms. The molecule has 8 nitrogen and oxygen atoms in total. The Kier molecular flexibility index (Phi) is 6.97. The quantitative estimate of drug-likeness (QED) is 0.294. The number of aromatic nitrogens is 1. The Morgan fingerprint density at radius 1 is 1.14 bits per heavy atom. The van der Waals surface area contributed by atoms with Gasteiger partial charge in [0.15, 0.2) is 0 Å². The van der Waals surface area contributed by atoms with E-state index in [1.807, 2.05) is 54.6 Å². The Bertz CT molecular complexity index is 1470. The van der Waals surface area contributed by atoms with Crippen LogP contribution in [-0.2, 0) is 9.53 Å². The number of benzene rings is 3. The van der Waals surface area contributed by atoms with E-state index in [-0.39, 0.29) is 12.0 Å². The van der Waals surface area contributed by atoms with Crippen LogP contribution < -0.4 is 20.1 Å². The summed E-state index contributed by atoms with van der Waals surface area (Å²) in [6.07, 6.45) is 3.34. The molecule has 0 bridgehead atoms. The van der Waals surface area contributed by atoms with E-state index in [9.17, 15) is 10.1 Å². The molecule has 3 aromatic carbocycles. The highest BCUT2D eigenvalue weighted by Gasteiger charge is 2.21. The second-order valence-electron chi connectivity index (χ2n) is 8.39. The number of fused-ring (bicyclic) bond motifs is 1. The van der Waals surface area contributed by atoms with Crippen LogP contribution >= 0.6 is 0 Å². The Labute approximate surface area is 214 Å². The zero-order valence-electron chi connectivity index (χ0n) is 19.9. The van der Waals surface area contributed by atoms with E-state index in [0.717, 1.165) is 17.9 Å². The molecule has 1 aliphatic rings. The predicted octanol–water partition coefficient (Wildman–Crippen LogP) is 5.93. The summed E-state index contributed by atoms with van der Waals surface area (Å²) < 4.78 is 17.4. The van der Waals surface area contributed by atoms with Crippen LogP contribution in [0.3, 0.4) is 0 Å². The largest absolute Gasteiger partial charge is 0.486 e. The highest BCUT2D eigenvalue weighted by molar-refractivity contribution is 6.04. The van der Waals surface area contributed by atoms with Gasteiger partial charge in [0, 0.05) is 29.8 Å². The molecule has 1 aromatic heterocycles. The van der Waals surface area contributed by atoms with Gasteiger partial charge in [-0.1, -0.05) is 24.8 Å². The first kappa shape index (κ1) is 23.9. The van der Waals surface area contributed by atoms with Crippen molar-refractivity contribution >= 4 is 33.9 Å². The highest BCUT2D eigenvalue weighted by atomic mass is 16.5. The fourth-order valence-electron chi connectivity index (χ4n) is 3.98. The van der Waals surface area contributed by atoms with Gasteiger partial charge in [0.25, 0.3) is 0 Å². The van der Waals surface area contributed by atoms with Crippen LogP contribution in [0.4, 0.5) is 17.1 Å². The third-order valence-corrected chi connectivity index (χ3v) is 5.82. The smallest absolute Gasteiger partial charge is 0.247 e. The molecule has 1 atom stereocenters. The summed E-state index contributed by atoms with van der Waals surface area (Å²) in [4.78, 5) is 16.6. The maximum absolute atomic E-state index is 12.2. The lowest BCUT2D eigenvalue weighted by Gasteiger charge is -2.18. The molecular formula is C29H24N4O4. The number of nitrogens with one attached hydrogen (secondary N) is 2. The van der Waals surface area contributed by atoms with E-state index in [1.165, 1.54) is 12.3 Å². The van der Waals surface area contributed by atoms with Gasteiger partial charge in [-0.3, -0.25) is 9.78 Å². The molecule has 0 aliphatic carbocycles. The summed E-state index contributed by atoms with van der Waals surface area (Å²) in [6, 6.07) is 22.6. The van der Waals surface area contributed by atoms with Gasteiger partial charge in [0.2, 0.25) is 5.91 Å². The molecule has 8 heteroatoms. The molecule has 0 unspecified atom stereocenters. The minimum Gasteiger partial charge on any atom is -0.486 e. The number of nitrogens with zero attached hydrogens (tertiary/aromatic N) is 2. The molecule has 0 saturated carbocycles. The SMILES string of the molecule is C=CC(=O)Nc1cc2c(Nc3ccc(Oc4ccccc4)cc3)c(C#N)cnc2cc1O[C@@H]1CCOC1. The number of hydrogen-bond donors (Lipinski definition) is 2. The number of pyridine rings is 1. The topological polar surface area (TPSA) is 106 Å². The van der Waals surface area contributed by atoms with Gasteiger partial charge in [0.1, 0.15) is 29.4 Å². The fraction of sp³-hybridized carbons (Fsp3) is 0.138. The van der Waals surface area contributed by atoms with Crippen molar-refractivity contribution in [1.82, 2.24) is 4.98 Å². The molecule has 37 heavy (non-hydrogen) atoms. The van der Waals surface area contributed by atoms with Crippen molar-refractivity contribution in [3.8, 4) is 23.3 Å². The molecule has 1 amide bonds. The summed E-state index contributed by atoms with van der Waals surface area (Å²) in [6.45, 7) is 4.64. The summed E-state index contributed by atoms with van der Waals surface area (Å²) >= 11 is 0. The van der Waals surface area contributed by atoms with Gasteiger partial charge in [0.05, 0.1) is 35.7 Å². The predicted molar refractivity (Wildman–Crippen MR) is 141 cm³/mol. The van der Waals surface area contributed by atoms with Crippen LogP contribution in [0, 0.1) is 11.3 Å². The third-order valence-electron chi connectivity index (χ3n) is 5.82. The Balaban J connectivity index is 1.49. The summed E-state index contributed by atoms with van der Waals surface area (Å²) in [5, 5.41) is 16.6. The van der Waals surface area contributed by atoms with Crippen molar-refractivity contribution in [2.75, 3.05) is 23.8 Å². The first-order valence-electron chi connectivity index (χ1n) is 11.8. The van der Waals surface area contributed by atoms with Crippen molar-refractivity contribution in [2.45, 2.75) is 12.5 Å². The number of ether oxygens (including phenoxy) is 3. The van der Waals surface area contributed by atoms with Crippen LogP contribution in [0.15, 0.2) is 85.6 Å². The van der Waals surface area contributed by atoms with E-state index in [4.69, 9.17) is 14.2 Å². The first-order valence-corrected chi connectivity index (χ1v) is 11.8. The van der Waals surface area contributed by atoms with E-state index >= 15 is 0 Å². The van der Waals surface area contributed by atoms with E-state index < -0.39 is 0 Å².